The second-order valence-electron chi connectivity index (χ2n) is 11.3. The van der Waals surface area contributed by atoms with Gasteiger partial charge in [0.2, 0.25) is 0 Å². The van der Waals surface area contributed by atoms with Crippen molar-refractivity contribution >= 4 is 27.3 Å². The number of halogens is 1. The first-order valence-corrected chi connectivity index (χ1v) is 15.2. The molecular formula is C40H28BrN. The molecule has 0 atom stereocenters. The second-order valence-corrected chi connectivity index (χ2v) is 12.2. The number of para-hydroxylation sites is 1. The minimum absolute atomic E-state index is 0.378. The van der Waals surface area contributed by atoms with Crippen molar-refractivity contribution in [2.24, 2.45) is 4.99 Å². The molecule has 2 aliphatic carbocycles. The third kappa shape index (κ3) is 3.52. The van der Waals surface area contributed by atoms with Crippen LogP contribution in [0.15, 0.2) is 143 Å². The van der Waals surface area contributed by atoms with E-state index in [-0.39, 0.29) is 5.41 Å². The molecule has 200 valence electrons. The van der Waals surface area contributed by atoms with Gasteiger partial charge in [-0.3, -0.25) is 4.99 Å². The fourth-order valence-electron chi connectivity index (χ4n) is 7.26. The first-order valence-electron chi connectivity index (χ1n) is 14.4. The maximum absolute atomic E-state index is 5.07. The van der Waals surface area contributed by atoms with Crippen LogP contribution in [0.2, 0.25) is 0 Å². The molecule has 6 aromatic rings. The molecule has 0 amide bonds. The molecule has 0 unspecified atom stereocenters. The number of rotatable bonds is 3. The van der Waals surface area contributed by atoms with Crippen LogP contribution < -0.4 is 0 Å². The van der Waals surface area contributed by atoms with Crippen LogP contribution in [-0.4, -0.2) is 5.71 Å². The number of nitrogens with zero attached hydrogens (tertiary/aromatic N) is 1. The molecule has 8 rings (SSSR count). The Bertz CT molecular complexity index is 2040. The number of aliphatic imine (C=N–C) groups is 1. The van der Waals surface area contributed by atoms with E-state index in [1.165, 1.54) is 61.2 Å². The highest BCUT2D eigenvalue weighted by Gasteiger charge is 2.51. The summed E-state index contributed by atoms with van der Waals surface area (Å²) in [5.74, 6) is 0. The van der Waals surface area contributed by atoms with E-state index in [4.69, 9.17) is 4.99 Å². The summed E-state index contributed by atoms with van der Waals surface area (Å²) in [4.78, 5) is 5.07. The lowest BCUT2D eigenvalue weighted by atomic mass is 9.70. The van der Waals surface area contributed by atoms with Gasteiger partial charge in [-0.1, -0.05) is 125 Å². The van der Waals surface area contributed by atoms with Crippen molar-refractivity contribution in [1.82, 2.24) is 0 Å². The molecule has 2 aliphatic rings. The van der Waals surface area contributed by atoms with Gasteiger partial charge in [-0.15, -0.1) is 0 Å². The van der Waals surface area contributed by atoms with E-state index in [9.17, 15) is 0 Å². The molecule has 0 aliphatic heterocycles. The predicted octanol–water partition coefficient (Wildman–Crippen LogP) is 10.9. The molecule has 0 saturated heterocycles. The van der Waals surface area contributed by atoms with Crippen LogP contribution in [0.25, 0.3) is 33.4 Å². The van der Waals surface area contributed by atoms with Gasteiger partial charge in [0.05, 0.1) is 11.1 Å². The molecule has 0 bridgehead atoms. The molecule has 6 aromatic carbocycles. The van der Waals surface area contributed by atoms with Gasteiger partial charge in [-0.2, -0.15) is 0 Å². The molecule has 0 fully saturated rings. The van der Waals surface area contributed by atoms with Gasteiger partial charge in [0.1, 0.15) is 0 Å². The summed E-state index contributed by atoms with van der Waals surface area (Å²) >= 11 is 3.82. The van der Waals surface area contributed by atoms with Gasteiger partial charge in [0.15, 0.2) is 0 Å². The molecule has 0 aromatic heterocycles. The lowest BCUT2D eigenvalue weighted by molar-refractivity contribution is 0.793. The van der Waals surface area contributed by atoms with E-state index in [2.05, 4.69) is 163 Å². The number of hydrogen-bond donors (Lipinski definition) is 0. The van der Waals surface area contributed by atoms with Crippen LogP contribution in [0, 0.1) is 6.92 Å². The van der Waals surface area contributed by atoms with Gasteiger partial charge in [-0.25, -0.2) is 0 Å². The maximum Gasteiger partial charge on any atom is 0.0726 e. The maximum atomic E-state index is 5.07. The minimum atomic E-state index is -0.378. The summed E-state index contributed by atoms with van der Waals surface area (Å²) in [6.45, 7) is 4.24. The summed E-state index contributed by atoms with van der Waals surface area (Å²) < 4.78 is 1.10. The lowest BCUT2D eigenvalue weighted by Crippen LogP contribution is -2.26. The Morgan fingerprint density at radius 1 is 0.548 bits per heavy atom. The Hall–Kier alpha value is -4.53. The summed E-state index contributed by atoms with van der Waals surface area (Å²) in [5.41, 5.74) is 17.0. The van der Waals surface area contributed by atoms with Crippen LogP contribution in [0.4, 0.5) is 5.69 Å². The average Bonchev–Trinajstić information content (AvgIpc) is 3.48. The fraction of sp³-hybridized carbons (Fsp3) is 0.0750. The smallest absolute Gasteiger partial charge is 0.0726 e. The van der Waals surface area contributed by atoms with Crippen molar-refractivity contribution in [3.05, 3.63) is 171 Å². The zero-order chi connectivity index (χ0) is 28.4. The van der Waals surface area contributed by atoms with Crippen molar-refractivity contribution < 1.29 is 0 Å². The van der Waals surface area contributed by atoms with Crippen LogP contribution in [0.5, 0.6) is 0 Å². The van der Waals surface area contributed by atoms with Gasteiger partial charge in [0, 0.05) is 15.7 Å². The molecule has 42 heavy (non-hydrogen) atoms. The van der Waals surface area contributed by atoms with Crippen LogP contribution in [0.1, 0.15) is 40.3 Å². The number of benzene rings is 6. The fourth-order valence-corrected chi connectivity index (χ4v) is 7.62. The topological polar surface area (TPSA) is 12.4 Å². The van der Waals surface area contributed by atoms with E-state index in [0.29, 0.717) is 0 Å². The van der Waals surface area contributed by atoms with Gasteiger partial charge in [-0.05, 0) is 99.3 Å². The van der Waals surface area contributed by atoms with Gasteiger partial charge >= 0.3 is 0 Å². The zero-order valence-electron chi connectivity index (χ0n) is 23.5. The standard InChI is InChI=1S/C40H28BrN/c1-25-11-3-10-18-39(25)42-26(2)29-12-4-5-13-30(29)27-19-21-33-34-22-20-28(41)24-38(34)40(37(33)23-27)35-16-8-6-14-31(35)32-15-7-9-17-36(32)40/h3-24H,1-2H3. The van der Waals surface area contributed by atoms with Crippen molar-refractivity contribution in [3.8, 4) is 33.4 Å². The Morgan fingerprint density at radius 3 is 1.81 bits per heavy atom. The highest BCUT2D eigenvalue weighted by atomic mass is 79.9. The predicted molar refractivity (Wildman–Crippen MR) is 179 cm³/mol. The molecule has 0 N–H and O–H groups in total. The highest BCUT2D eigenvalue weighted by Crippen LogP contribution is 2.63. The molecule has 1 spiro atoms. The summed E-state index contributed by atoms with van der Waals surface area (Å²) in [7, 11) is 0. The lowest BCUT2D eigenvalue weighted by Gasteiger charge is -2.31. The van der Waals surface area contributed by atoms with Gasteiger partial charge < -0.3 is 0 Å². The van der Waals surface area contributed by atoms with Crippen LogP contribution >= 0.6 is 15.9 Å². The zero-order valence-corrected chi connectivity index (χ0v) is 25.1. The third-order valence-electron chi connectivity index (χ3n) is 9.08. The molecule has 0 heterocycles. The Morgan fingerprint density at radius 2 is 1.10 bits per heavy atom. The Balaban J connectivity index is 1.39. The van der Waals surface area contributed by atoms with Crippen molar-refractivity contribution in [3.63, 3.8) is 0 Å². The van der Waals surface area contributed by atoms with Crippen molar-refractivity contribution in [2.45, 2.75) is 19.3 Å². The van der Waals surface area contributed by atoms with E-state index in [1.54, 1.807) is 0 Å². The number of aryl methyl sites for hydroxylation is 1. The normalized spacial score (nSPS) is 13.9. The highest BCUT2D eigenvalue weighted by molar-refractivity contribution is 9.10. The first-order chi connectivity index (χ1) is 20.6. The largest absolute Gasteiger partial charge is 0.253 e. The van der Waals surface area contributed by atoms with Crippen molar-refractivity contribution in [1.29, 1.82) is 0 Å². The second kappa shape index (κ2) is 9.51. The number of fused-ring (bicyclic) bond motifs is 10. The Kier molecular flexibility index (Phi) is 5.70. The molecular weight excluding hydrogens is 574 g/mol. The van der Waals surface area contributed by atoms with E-state index >= 15 is 0 Å². The minimum Gasteiger partial charge on any atom is -0.253 e. The summed E-state index contributed by atoms with van der Waals surface area (Å²) in [6.07, 6.45) is 0. The van der Waals surface area contributed by atoms with Crippen LogP contribution in [-0.2, 0) is 5.41 Å². The van der Waals surface area contributed by atoms with E-state index < -0.39 is 0 Å². The average molecular weight is 603 g/mol. The molecule has 2 heteroatoms. The SMILES string of the molecule is CC(=Nc1ccccc1C)c1ccccc1-c1ccc2c(c1)C1(c3ccccc3-c3ccccc31)c1cc(Br)ccc1-2. The monoisotopic (exact) mass is 601 g/mol. The first kappa shape index (κ1) is 25.2. The molecule has 1 nitrogen and oxygen atoms in total. The number of hydrogen-bond acceptors (Lipinski definition) is 1. The summed E-state index contributed by atoms with van der Waals surface area (Å²) in [5, 5.41) is 0. The quantitative estimate of drug-likeness (QED) is 0.178. The molecule has 0 radical (unpaired) electrons. The molecule has 0 saturated carbocycles. The van der Waals surface area contributed by atoms with E-state index in [1.807, 2.05) is 0 Å². The third-order valence-corrected chi connectivity index (χ3v) is 9.58. The Labute approximate surface area is 255 Å². The van der Waals surface area contributed by atoms with Crippen molar-refractivity contribution in [2.75, 3.05) is 0 Å². The van der Waals surface area contributed by atoms with Crippen LogP contribution in [0.3, 0.4) is 0 Å². The summed E-state index contributed by atoms with van der Waals surface area (Å²) in [6, 6.07) is 48.8. The van der Waals surface area contributed by atoms with Gasteiger partial charge in [0.25, 0.3) is 0 Å². The van der Waals surface area contributed by atoms with E-state index in [0.717, 1.165) is 21.4 Å².